The van der Waals surface area contributed by atoms with E-state index in [-0.39, 0.29) is 0 Å². The number of hydrogen-bond donors (Lipinski definition) is 1. The maximum atomic E-state index is 5.79. The van der Waals surface area contributed by atoms with E-state index in [4.69, 9.17) is 11.6 Å². The van der Waals surface area contributed by atoms with E-state index in [1.807, 2.05) is 12.1 Å². The number of rotatable bonds is 1. The monoisotopic (exact) mass is 178 g/mol. The number of nitrogens with one attached hydrogen (secondary N) is 1. The van der Waals surface area contributed by atoms with Gasteiger partial charge in [0.15, 0.2) is 0 Å². The minimum atomic E-state index is 0.609. The molecule has 4 heteroatoms. The standard InChI is InChI=1S/C8H5ClN3/c9-7-3-1-2-6(4-7)8-10-5-11-12-8/h1-4H,(H,10,11,12)/q+1. The van der Waals surface area contributed by atoms with Crippen LogP contribution in [0.2, 0.25) is 5.02 Å². The fourth-order valence-electron chi connectivity index (χ4n) is 0.938. The molecule has 1 N–H and O–H groups in total. The lowest BCUT2D eigenvalue weighted by atomic mass is 10.2. The van der Waals surface area contributed by atoms with Gasteiger partial charge >= 0.3 is 12.2 Å². The van der Waals surface area contributed by atoms with Gasteiger partial charge < -0.3 is 0 Å². The number of amidine groups is 1. The first-order chi connectivity index (χ1) is 5.86. The molecule has 1 aromatic rings. The molecule has 0 spiro atoms. The number of hydrogen-bond acceptors (Lipinski definition) is 3. The molecule has 0 saturated heterocycles. The Morgan fingerprint density at radius 3 is 3.00 bits per heavy atom. The highest BCUT2D eigenvalue weighted by molar-refractivity contribution is 6.31. The zero-order valence-electron chi connectivity index (χ0n) is 6.08. The maximum Gasteiger partial charge on any atom is 0.344 e. The fourth-order valence-corrected chi connectivity index (χ4v) is 1.13. The SMILES string of the molecule is Clc1cccc(C2=NN[C+]=N2)c1. The van der Waals surface area contributed by atoms with Crippen LogP contribution in [0.15, 0.2) is 34.4 Å². The van der Waals surface area contributed by atoms with Crippen molar-refractivity contribution in [3.8, 4) is 0 Å². The zero-order chi connectivity index (χ0) is 8.39. The quantitative estimate of drug-likeness (QED) is 0.651. The van der Waals surface area contributed by atoms with Crippen molar-refractivity contribution in [1.29, 1.82) is 0 Å². The van der Waals surface area contributed by atoms with E-state index in [1.165, 1.54) is 0 Å². The molecule has 58 valence electrons. The van der Waals surface area contributed by atoms with Crippen LogP contribution < -0.4 is 5.43 Å². The van der Waals surface area contributed by atoms with Crippen molar-refractivity contribution in [3.63, 3.8) is 0 Å². The Morgan fingerprint density at radius 2 is 2.33 bits per heavy atom. The number of hydrazone groups is 1. The molecule has 1 heterocycles. The van der Waals surface area contributed by atoms with Crippen LogP contribution in [-0.4, -0.2) is 12.2 Å². The Kier molecular flexibility index (Phi) is 1.74. The van der Waals surface area contributed by atoms with Crippen molar-refractivity contribution >= 4 is 23.8 Å². The molecule has 0 radical (unpaired) electrons. The summed E-state index contributed by atoms with van der Waals surface area (Å²) in [6.07, 6.45) is 2.52. The second-order valence-electron chi connectivity index (χ2n) is 2.28. The third-order valence-electron chi connectivity index (χ3n) is 1.46. The Balaban J connectivity index is 2.40. The van der Waals surface area contributed by atoms with Crippen LogP contribution in [0.3, 0.4) is 0 Å². The molecule has 0 amide bonds. The molecule has 0 saturated carbocycles. The predicted octanol–water partition coefficient (Wildman–Crippen LogP) is 1.51. The summed E-state index contributed by atoms with van der Waals surface area (Å²) in [6, 6.07) is 7.36. The van der Waals surface area contributed by atoms with Gasteiger partial charge in [-0.2, -0.15) is 0 Å². The molecule has 0 unspecified atom stereocenters. The van der Waals surface area contributed by atoms with Crippen molar-refractivity contribution < 1.29 is 0 Å². The summed E-state index contributed by atoms with van der Waals surface area (Å²) in [7, 11) is 0. The van der Waals surface area contributed by atoms with E-state index in [2.05, 4.69) is 21.9 Å². The zero-order valence-corrected chi connectivity index (χ0v) is 6.84. The predicted molar refractivity (Wildman–Crippen MR) is 48.6 cm³/mol. The van der Waals surface area contributed by atoms with Gasteiger partial charge in [0.25, 0.3) is 0 Å². The smallest absolute Gasteiger partial charge is 0.112 e. The third-order valence-corrected chi connectivity index (χ3v) is 1.69. The molecule has 12 heavy (non-hydrogen) atoms. The van der Waals surface area contributed by atoms with Gasteiger partial charge in [-0.3, -0.25) is 0 Å². The molecular weight excluding hydrogens is 174 g/mol. The molecule has 3 nitrogen and oxygen atoms in total. The van der Waals surface area contributed by atoms with Crippen LogP contribution in [-0.2, 0) is 0 Å². The second-order valence-corrected chi connectivity index (χ2v) is 2.72. The molecule has 1 aliphatic heterocycles. The van der Waals surface area contributed by atoms with Crippen LogP contribution in [0, 0.1) is 0 Å². The highest BCUT2D eigenvalue weighted by Gasteiger charge is 2.16. The fraction of sp³-hybridized carbons (Fsp3) is 0. The molecule has 2 rings (SSSR count). The number of aliphatic imine (C=N–C) groups is 1. The Hall–Kier alpha value is -1.44. The molecule has 0 bridgehead atoms. The van der Waals surface area contributed by atoms with Gasteiger partial charge in [-0.15, -0.1) is 5.43 Å². The summed E-state index contributed by atoms with van der Waals surface area (Å²) in [4.78, 5) is 3.88. The van der Waals surface area contributed by atoms with Gasteiger partial charge in [-0.25, -0.2) is 0 Å². The van der Waals surface area contributed by atoms with Gasteiger partial charge in [0.05, 0.1) is 0 Å². The minimum absolute atomic E-state index is 0.609. The maximum absolute atomic E-state index is 5.79. The van der Waals surface area contributed by atoms with Crippen molar-refractivity contribution in [2.24, 2.45) is 10.1 Å². The molecular formula is C8H5ClN3+. The van der Waals surface area contributed by atoms with Crippen LogP contribution in [0.4, 0.5) is 0 Å². The van der Waals surface area contributed by atoms with Crippen LogP contribution in [0.25, 0.3) is 0 Å². The van der Waals surface area contributed by atoms with E-state index in [1.54, 1.807) is 12.1 Å². The summed E-state index contributed by atoms with van der Waals surface area (Å²) in [6.45, 7) is 0. The van der Waals surface area contributed by atoms with Crippen molar-refractivity contribution in [1.82, 2.24) is 5.43 Å². The largest absolute Gasteiger partial charge is 0.344 e. The molecule has 0 aliphatic carbocycles. The van der Waals surface area contributed by atoms with E-state index in [9.17, 15) is 0 Å². The highest BCUT2D eigenvalue weighted by Crippen LogP contribution is 2.12. The summed E-state index contributed by atoms with van der Waals surface area (Å²) in [5.74, 6) is 0.609. The molecule has 0 aromatic heterocycles. The third kappa shape index (κ3) is 1.28. The topological polar surface area (TPSA) is 36.8 Å². The molecule has 0 fully saturated rings. The van der Waals surface area contributed by atoms with Gasteiger partial charge in [0.1, 0.15) is 5.56 Å². The first-order valence-electron chi connectivity index (χ1n) is 3.40. The Bertz CT molecular complexity index is 357. The lowest BCUT2D eigenvalue weighted by Gasteiger charge is -1.89. The van der Waals surface area contributed by atoms with Crippen molar-refractivity contribution in [2.75, 3.05) is 0 Å². The van der Waals surface area contributed by atoms with E-state index < -0.39 is 0 Å². The summed E-state index contributed by atoms with van der Waals surface area (Å²) in [5.41, 5.74) is 3.41. The highest BCUT2D eigenvalue weighted by atomic mass is 35.5. The van der Waals surface area contributed by atoms with Gasteiger partial charge in [0, 0.05) is 10.0 Å². The van der Waals surface area contributed by atoms with E-state index in [0.717, 1.165) is 5.56 Å². The van der Waals surface area contributed by atoms with Crippen molar-refractivity contribution in [3.05, 3.63) is 34.9 Å². The summed E-state index contributed by atoms with van der Waals surface area (Å²) in [5, 5.41) is 4.56. The number of halogens is 1. The van der Waals surface area contributed by atoms with E-state index >= 15 is 0 Å². The summed E-state index contributed by atoms with van der Waals surface area (Å²) >= 11 is 5.79. The van der Waals surface area contributed by atoms with Crippen LogP contribution >= 0.6 is 11.6 Å². The Morgan fingerprint density at radius 1 is 1.42 bits per heavy atom. The number of nitrogens with zero attached hydrogens (tertiary/aromatic N) is 2. The lowest BCUT2D eigenvalue weighted by Crippen LogP contribution is -1.96. The van der Waals surface area contributed by atoms with E-state index in [0.29, 0.717) is 10.9 Å². The minimum Gasteiger partial charge on any atom is -0.112 e. The van der Waals surface area contributed by atoms with Gasteiger partial charge in [-0.05, 0) is 23.3 Å². The molecule has 1 aliphatic rings. The average Bonchev–Trinajstić information content (AvgIpc) is 2.56. The first-order valence-corrected chi connectivity index (χ1v) is 3.78. The summed E-state index contributed by atoms with van der Waals surface area (Å²) < 4.78 is 0. The Labute approximate surface area is 74.8 Å². The first kappa shape index (κ1) is 7.22. The normalized spacial score (nSPS) is 13.6. The van der Waals surface area contributed by atoms with Gasteiger partial charge in [-0.1, -0.05) is 17.7 Å². The van der Waals surface area contributed by atoms with Crippen LogP contribution in [0.1, 0.15) is 5.56 Å². The van der Waals surface area contributed by atoms with Gasteiger partial charge in [0.2, 0.25) is 0 Å². The molecule has 1 aromatic carbocycles. The number of benzene rings is 1. The van der Waals surface area contributed by atoms with Crippen molar-refractivity contribution in [2.45, 2.75) is 0 Å². The average molecular weight is 179 g/mol. The lowest BCUT2D eigenvalue weighted by molar-refractivity contribution is 1.08. The second kappa shape index (κ2) is 2.89. The van der Waals surface area contributed by atoms with Crippen LogP contribution in [0.5, 0.6) is 0 Å². The molecule has 0 atom stereocenters.